The number of hydrogen-bond donors (Lipinski definition) is 1. The van der Waals surface area contributed by atoms with E-state index < -0.39 is 10.8 Å². The summed E-state index contributed by atoms with van der Waals surface area (Å²) < 4.78 is 0. The summed E-state index contributed by atoms with van der Waals surface area (Å²) in [5, 5.41) is 15.8. The minimum atomic E-state index is -1.09. The second-order valence-electron chi connectivity index (χ2n) is 0.870. The molecule has 0 aliphatic rings. The third kappa shape index (κ3) is 5.26. The molecule has 0 aliphatic heterocycles. The number of carbonyl (C=O) groups is 1. The summed E-state index contributed by atoms with van der Waals surface area (Å²) in [6.45, 7) is 0. The van der Waals surface area contributed by atoms with Crippen molar-refractivity contribution in [1.29, 1.82) is 5.26 Å². The van der Waals surface area contributed by atoms with Gasteiger partial charge < -0.3 is 1.43 Å². The van der Waals surface area contributed by atoms with Gasteiger partial charge in [-0.2, -0.15) is 0 Å². The first-order valence-electron chi connectivity index (χ1n) is 1.49. The Kier molecular flexibility index (Phi) is 9.25. The monoisotopic (exact) mass is 205 g/mol. The van der Waals surface area contributed by atoms with E-state index in [0.29, 0.717) is 0 Å². The van der Waals surface area contributed by atoms with Crippen molar-refractivity contribution in [3.63, 3.8) is 0 Å². The summed E-state index contributed by atoms with van der Waals surface area (Å²) >= 11 is 1.75. The Bertz CT molecular complexity index is 125. The van der Waals surface area contributed by atoms with Crippen LogP contribution >= 0.6 is 0 Å². The predicted molar refractivity (Wildman–Crippen MR) is 25.3 cm³/mol. The van der Waals surface area contributed by atoms with Crippen LogP contribution in [0.25, 0.3) is 0 Å². The molecule has 0 aliphatic carbocycles. The standard InChI is InChI=1S/C3H3NO2Se.K.H/c4-1-2(7)3(5)6;;/h2,7H,(H,5,6);;/q;+1;-1. The van der Waals surface area contributed by atoms with E-state index >= 15 is 0 Å². The molecule has 0 rings (SSSR count). The summed E-state index contributed by atoms with van der Waals surface area (Å²) in [5.74, 6) is -1.09. The quantitative estimate of drug-likeness (QED) is 0.449. The van der Waals surface area contributed by atoms with Gasteiger partial charge in [0.15, 0.2) is 0 Å². The molecule has 5 heteroatoms. The van der Waals surface area contributed by atoms with Crippen LogP contribution in [-0.4, -0.2) is 27.1 Å². The second-order valence-corrected chi connectivity index (χ2v) is 1.95. The molecule has 0 aromatic carbocycles. The third-order valence-corrected chi connectivity index (χ3v) is 1.06. The summed E-state index contributed by atoms with van der Waals surface area (Å²) in [6, 6.07) is 1.54. The van der Waals surface area contributed by atoms with E-state index in [1.54, 1.807) is 16.0 Å². The zero-order chi connectivity index (χ0) is 5.86. The van der Waals surface area contributed by atoms with Crippen LogP contribution in [-0.2, 0) is 4.79 Å². The Balaban J connectivity index is -0.000000180. The molecule has 0 bridgehead atoms. The van der Waals surface area contributed by atoms with Crippen LogP contribution in [0.15, 0.2) is 0 Å². The van der Waals surface area contributed by atoms with Gasteiger partial charge in [-0.1, -0.05) is 0 Å². The van der Waals surface area contributed by atoms with E-state index in [2.05, 4.69) is 0 Å². The Morgan fingerprint density at radius 1 is 2.00 bits per heavy atom. The zero-order valence-electron chi connectivity index (χ0n) is 5.33. The maximum absolute atomic E-state index is 9.69. The Morgan fingerprint density at radius 3 is 2.38 bits per heavy atom. The molecule has 1 N–H and O–H groups in total. The molecular formula is C3H4KNO2Se. The molecule has 3 nitrogen and oxygen atoms in total. The van der Waals surface area contributed by atoms with Crippen LogP contribution in [0.1, 0.15) is 1.43 Å². The van der Waals surface area contributed by atoms with E-state index in [1.807, 2.05) is 0 Å². The fraction of sp³-hybridized carbons (Fsp3) is 0.333. The number of carboxylic acid groups (broad SMARTS) is 1. The van der Waals surface area contributed by atoms with Gasteiger partial charge in [0.25, 0.3) is 0 Å². The number of nitrogens with zero attached hydrogens (tertiary/aromatic N) is 1. The zero-order valence-corrected chi connectivity index (χ0v) is 9.33. The first kappa shape index (κ1) is 11.9. The number of hydrogen-bond acceptors (Lipinski definition) is 2. The van der Waals surface area contributed by atoms with Gasteiger partial charge in [0.05, 0.1) is 0 Å². The van der Waals surface area contributed by atoms with E-state index in [1.165, 1.54) is 6.07 Å². The van der Waals surface area contributed by atoms with Gasteiger partial charge in [-0.3, -0.25) is 0 Å². The number of aliphatic carboxylic acids is 1. The van der Waals surface area contributed by atoms with Gasteiger partial charge in [0.1, 0.15) is 0 Å². The van der Waals surface area contributed by atoms with Gasteiger partial charge in [-0.15, -0.1) is 0 Å². The molecule has 0 fully saturated rings. The topological polar surface area (TPSA) is 61.1 Å². The van der Waals surface area contributed by atoms with Crippen LogP contribution in [0.2, 0.25) is 4.82 Å². The van der Waals surface area contributed by atoms with Crippen molar-refractivity contribution in [3.8, 4) is 6.07 Å². The van der Waals surface area contributed by atoms with Crippen LogP contribution in [0.5, 0.6) is 0 Å². The Labute approximate surface area is 99.2 Å². The molecule has 0 saturated carbocycles. The van der Waals surface area contributed by atoms with Gasteiger partial charge in [0, 0.05) is 0 Å². The maximum Gasteiger partial charge on any atom is 1.00 e. The fourth-order valence-electron chi connectivity index (χ4n) is 0.0552. The van der Waals surface area contributed by atoms with Crippen LogP contribution in [0, 0.1) is 11.3 Å². The molecule has 1 atom stereocenters. The van der Waals surface area contributed by atoms with E-state index in [4.69, 9.17) is 10.4 Å². The largest absolute Gasteiger partial charge is 1.00 e. The summed E-state index contributed by atoms with van der Waals surface area (Å²) in [5.41, 5.74) is 0. The van der Waals surface area contributed by atoms with Crippen molar-refractivity contribution in [3.05, 3.63) is 0 Å². The Morgan fingerprint density at radius 2 is 2.38 bits per heavy atom. The summed E-state index contributed by atoms with van der Waals surface area (Å²) in [4.78, 5) is 8.75. The van der Waals surface area contributed by atoms with Gasteiger partial charge >= 0.3 is 99.4 Å². The normalized spacial score (nSPS) is 10.5. The predicted octanol–water partition coefficient (Wildman–Crippen LogP) is -3.60. The SMILES string of the molecule is N#CC([SeH])C(=O)O.[H-].[K+]. The van der Waals surface area contributed by atoms with Crippen molar-refractivity contribution in [2.24, 2.45) is 0 Å². The molecule has 0 radical (unpaired) electrons. The van der Waals surface area contributed by atoms with Gasteiger partial charge in [0.2, 0.25) is 0 Å². The molecule has 0 spiro atoms. The van der Waals surface area contributed by atoms with Gasteiger partial charge in [-0.25, -0.2) is 0 Å². The minimum absolute atomic E-state index is 0. The molecule has 1 unspecified atom stereocenters. The number of rotatable bonds is 1. The molecule has 0 saturated heterocycles. The van der Waals surface area contributed by atoms with E-state index in [0.717, 1.165) is 0 Å². The van der Waals surface area contributed by atoms with Crippen LogP contribution < -0.4 is 51.4 Å². The molecule has 0 amide bonds. The fourth-order valence-corrected chi connectivity index (χ4v) is 0.0552. The second kappa shape index (κ2) is 6.24. The number of nitriles is 1. The van der Waals surface area contributed by atoms with Crippen LogP contribution in [0.4, 0.5) is 0 Å². The maximum atomic E-state index is 9.69. The molecule has 40 valence electrons. The average Bonchev–Trinajstić information content (AvgIpc) is 1.65. The first-order valence-corrected chi connectivity index (χ1v) is 2.57. The van der Waals surface area contributed by atoms with E-state index in [-0.39, 0.29) is 52.8 Å². The van der Waals surface area contributed by atoms with Crippen molar-refractivity contribution in [1.82, 2.24) is 0 Å². The third-order valence-electron chi connectivity index (χ3n) is 0.356. The minimum Gasteiger partial charge on any atom is -1.00 e. The van der Waals surface area contributed by atoms with Crippen molar-refractivity contribution >= 4 is 22.0 Å². The summed E-state index contributed by atoms with van der Waals surface area (Å²) in [7, 11) is 0. The van der Waals surface area contributed by atoms with Gasteiger partial charge in [-0.05, 0) is 0 Å². The first-order chi connectivity index (χ1) is 3.18. The van der Waals surface area contributed by atoms with E-state index in [9.17, 15) is 4.79 Å². The average molecular weight is 204 g/mol. The molecule has 0 aromatic heterocycles. The van der Waals surface area contributed by atoms with Crippen molar-refractivity contribution < 1.29 is 62.7 Å². The van der Waals surface area contributed by atoms with Crippen molar-refractivity contribution in [2.45, 2.75) is 4.82 Å². The molecular weight excluding hydrogens is 200 g/mol. The van der Waals surface area contributed by atoms with Crippen molar-refractivity contribution in [2.75, 3.05) is 0 Å². The molecule has 8 heavy (non-hydrogen) atoms. The number of carboxylic acids is 1. The molecule has 0 aromatic rings. The Hall–Kier alpha value is 1.12. The molecule has 0 heterocycles. The summed E-state index contributed by atoms with van der Waals surface area (Å²) in [6.07, 6.45) is 0. The smallest absolute Gasteiger partial charge is 1.00 e. The van der Waals surface area contributed by atoms with Crippen LogP contribution in [0.3, 0.4) is 0 Å².